The highest BCUT2D eigenvalue weighted by molar-refractivity contribution is 7.12. The van der Waals surface area contributed by atoms with Crippen molar-refractivity contribution in [2.45, 2.75) is 12.8 Å². The first-order valence-electron chi connectivity index (χ1n) is 9.55. The van der Waals surface area contributed by atoms with Crippen molar-refractivity contribution in [1.82, 2.24) is 15.1 Å². The number of benzene rings is 1. The lowest BCUT2D eigenvalue weighted by Crippen LogP contribution is -2.15. The first-order chi connectivity index (χ1) is 15.2. The molecule has 31 heavy (non-hydrogen) atoms. The molecular formula is C22H18N4O4S. The SMILES string of the molecule is O=C(Nc1ccccc1C(=O)OCCCc1nc(-c2cccnc2)no1)c1cccs1. The number of pyridine rings is 1. The predicted molar refractivity (Wildman–Crippen MR) is 115 cm³/mol. The Bertz CT molecular complexity index is 1160. The van der Waals surface area contributed by atoms with E-state index in [-0.39, 0.29) is 12.5 Å². The van der Waals surface area contributed by atoms with Crippen molar-refractivity contribution < 1.29 is 18.8 Å². The van der Waals surface area contributed by atoms with Gasteiger partial charge in [-0.3, -0.25) is 9.78 Å². The predicted octanol–water partition coefficient (Wildman–Crippen LogP) is 4.24. The van der Waals surface area contributed by atoms with Gasteiger partial charge in [-0.25, -0.2) is 4.79 Å². The molecule has 0 radical (unpaired) electrons. The molecule has 8 nitrogen and oxygen atoms in total. The summed E-state index contributed by atoms with van der Waals surface area (Å²) in [5.41, 5.74) is 1.47. The van der Waals surface area contributed by atoms with Gasteiger partial charge in [-0.15, -0.1) is 11.3 Å². The zero-order valence-corrected chi connectivity index (χ0v) is 17.2. The molecule has 0 aliphatic heterocycles. The van der Waals surface area contributed by atoms with Gasteiger partial charge in [0.25, 0.3) is 5.91 Å². The molecule has 0 aliphatic carbocycles. The van der Waals surface area contributed by atoms with Crippen molar-refractivity contribution in [2.24, 2.45) is 0 Å². The molecule has 0 saturated carbocycles. The summed E-state index contributed by atoms with van der Waals surface area (Å²) >= 11 is 1.33. The zero-order valence-electron chi connectivity index (χ0n) is 16.4. The number of thiophene rings is 1. The van der Waals surface area contributed by atoms with Gasteiger partial charge in [-0.1, -0.05) is 23.4 Å². The Morgan fingerprint density at radius 3 is 2.81 bits per heavy atom. The van der Waals surface area contributed by atoms with Crippen molar-refractivity contribution in [1.29, 1.82) is 0 Å². The van der Waals surface area contributed by atoms with Crippen LogP contribution < -0.4 is 5.32 Å². The number of hydrogen-bond acceptors (Lipinski definition) is 8. The summed E-state index contributed by atoms with van der Waals surface area (Å²) in [5.74, 6) is 0.147. The first kappa shape index (κ1) is 20.4. The third-order valence-corrected chi connectivity index (χ3v) is 5.16. The fourth-order valence-electron chi connectivity index (χ4n) is 2.80. The van der Waals surface area contributed by atoms with Crippen LogP contribution in [-0.2, 0) is 11.2 Å². The average molecular weight is 434 g/mol. The molecule has 1 amide bonds. The molecule has 4 aromatic rings. The Balaban J connectivity index is 1.30. The van der Waals surface area contributed by atoms with Gasteiger partial charge in [0.1, 0.15) is 0 Å². The summed E-state index contributed by atoms with van der Waals surface area (Å²) in [4.78, 5) is 33.7. The van der Waals surface area contributed by atoms with Gasteiger partial charge in [0.2, 0.25) is 11.7 Å². The van der Waals surface area contributed by atoms with Crippen molar-refractivity contribution in [2.75, 3.05) is 11.9 Å². The topological polar surface area (TPSA) is 107 Å². The molecule has 4 rings (SSSR count). The van der Waals surface area contributed by atoms with Crippen molar-refractivity contribution in [3.05, 3.63) is 82.6 Å². The van der Waals surface area contributed by atoms with Crippen LogP contribution in [0.3, 0.4) is 0 Å². The maximum atomic E-state index is 12.5. The van der Waals surface area contributed by atoms with Crippen LogP contribution in [-0.4, -0.2) is 33.6 Å². The summed E-state index contributed by atoms with van der Waals surface area (Å²) in [6.07, 6.45) is 4.32. The minimum absolute atomic E-state index is 0.177. The zero-order chi connectivity index (χ0) is 21.5. The van der Waals surface area contributed by atoms with Gasteiger partial charge in [-0.2, -0.15) is 4.98 Å². The minimum atomic E-state index is -0.511. The third-order valence-electron chi connectivity index (χ3n) is 4.30. The second-order valence-corrected chi connectivity index (χ2v) is 7.42. The number of aryl methyl sites for hydroxylation is 1. The molecule has 3 heterocycles. The Morgan fingerprint density at radius 2 is 2.00 bits per heavy atom. The Labute approximate surface area is 181 Å². The Hall–Kier alpha value is -3.85. The van der Waals surface area contributed by atoms with Gasteiger partial charge >= 0.3 is 5.97 Å². The first-order valence-corrected chi connectivity index (χ1v) is 10.4. The number of para-hydroxylation sites is 1. The van der Waals surface area contributed by atoms with Gasteiger partial charge in [0.15, 0.2) is 0 Å². The van der Waals surface area contributed by atoms with E-state index in [9.17, 15) is 9.59 Å². The molecular weight excluding hydrogens is 416 g/mol. The molecule has 3 aromatic heterocycles. The van der Waals surface area contributed by atoms with Crippen LogP contribution in [0.4, 0.5) is 5.69 Å². The van der Waals surface area contributed by atoms with Crippen LogP contribution >= 0.6 is 11.3 Å². The number of amides is 1. The molecule has 0 spiro atoms. The van der Waals surface area contributed by atoms with Crippen LogP contribution in [0.15, 0.2) is 70.8 Å². The van der Waals surface area contributed by atoms with Gasteiger partial charge in [-0.05, 0) is 42.1 Å². The smallest absolute Gasteiger partial charge is 0.340 e. The summed E-state index contributed by atoms with van der Waals surface area (Å²) < 4.78 is 10.6. The average Bonchev–Trinajstić information content (AvgIpc) is 3.50. The van der Waals surface area contributed by atoms with E-state index in [1.54, 1.807) is 54.9 Å². The molecule has 0 saturated heterocycles. The summed E-state index contributed by atoms with van der Waals surface area (Å²) in [5, 5.41) is 8.51. The molecule has 0 bridgehead atoms. The number of carbonyl (C=O) groups excluding carboxylic acids is 2. The molecule has 0 atom stereocenters. The van der Waals surface area contributed by atoms with E-state index in [4.69, 9.17) is 9.26 Å². The minimum Gasteiger partial charge on any atom is -0.462 e. The fourth-order valence-corrected chi connectivity index (χ4v) is 3.42. The van der Waals surface area contributed by atoms with Crippen LogP contribution in [0.2, 0.25) is 0 Å². The van der Waals surface area contributed by atoms with Gasteiger partial charge < -0.3 is 14.6 Å². The molecule has 0 aliphatic rings. The number of nitrogens with zero attached hydrogens (tertiary/aromatic N) is 3. The molecule has 1 N–H and O–H groups in total. The number of hydrogen-bond donors (Lipinski definition) is 1. The van der Waals surface area contributed by atoms with Crippen LogP contribution in [0, 0.1) is 0 Å². The molecule has 1 aromatic carbocycles. The lowest BCUT2D eigenvalue weighted by molar-refractivity contribution is 0.0499. The molecule has 156 valence electrons. The quantitative estimate of drug-likeness (QED) is 0.326. The van der Waals surface area contributed by atoms with E-state index in [1.165, 1.54) is 11.3 Å². The number of aromatic nitrogens is 3. The van der Waals surface area contributed by atoms with E-state index in [0.717, 1.165) is 5.56 Å². The number of ether oxygens (including phenoxy) is 1. The maximum Gasteiger partial charge on any atom is 0.340 e. The molecule has 0 fully saturated rings. The highest BCUT2D eigenvalue weighted by Gasteiger charge is 2.16. The number of anilines is 1. The molecule has 9 heteroatoms. The van der Waals surface area contributed by atoms with E-state index < -0.39 is 5.97 Å². The summed E-state index contributed by atoms with van der Waals surface area (Å²) in [6.45, 7) is 0.177. The number of rotatable bonds is 8. The fraction of sp³-hybridized carbons (Fsp3) is 0.136. The van der Waals surface area contributed by atoms with E-state index >= 15 is 0 Å². The lowest BCUT2D eigenvalue weighted by atomic mass is 10.1. The van der Waals surface area contributed by atoms with Crippen LogP contribution in [0.5, 0.6) is 0 Å². The normalized spacial score (nSPS) is 10.6. The Kier molecular flexibility index (Phi) is 6.44. The van der Waals surface area contributed by atoms with Crippen molar-refractivity contribution >= 4 is 28.9 Å². The van der Waals surface area contributed by atoms with E-state index in [2.05, 4.69) is 20.4 Å². The highest BCUT2D eigenvalue weighted by atomic mass is 32.1. The van der Waals surface area contributed by atoms with E-state index in [1.807, 2.05) is 11.4 Å². The largest absolute Gasteiger partial charge is 0.462 e. The monoisotopic (exact) mass is 434 g/mol. The third kappa shape index (κ3) is 5.20. The lowest BCUT2D eigenvalue weighted by Gasteiger charge is -2.10. The van der Waals surface area contributed by atoms with Gasteiger partial charge in [0.05, 0.1) is 22.7 Å². The summed E-state index contributed by atoms with van der Waals surface area (Å²) in [7, 11) is 0. The maximum absolute atomic E-state index is 12.5. The second kappa shape index (κ2) is 9.77. The summed E-state index contributed by atoms with van der Waals surface area (Å²) in [6, 6.07) is 13.9. The van der Waals surface area contributed by atoms with E-state index in [0.29, 0.717) is 40.7 Å². The number of esters is 1. The second-order valence-electron chi connectivity index (χ2n) is 6.47. The van der Waals surface area contributed by atoms with Crippen molar-refractivity contribution in [3.8, 4) is 11.4 Å². The Morgan fingerprint density at radius 1 is 1.10 bits per heavy atom. The highest BCUT2D eigenvalue weighted by Crippen LogP contribution is 2.19. The number of nitrogens with one attached hydrogen (secondary N) is 1. The van der Waals surface area contributed by atoms with Crippen LogP contribution in [0.25, 0.3) is 11.4 Å². The van der Waals surface area contributed by atoms with Crippen LogP contribution in [0.1, 0.15) is 32.3 Å². The molecule has 0 unspecified atom stereocenters. The standard InChI is InChI=1S/C22H18N4O4S/c27-21(18-9-5-13-31-18)24-17-8-2-1-7-16(17)22(28)29-12-4-10-19-25-20(26-30-19)15-6-3-11-23-14-15/h1-3,5-9,11,13-14H,4,10,12H2,(H,24,27). The number of carbonyl (C=O) groups is 2. The van der Waals surface area contributed by atoms with Gasteiger partial charge in [0, 0.05) is 24.4 Å². The van der Waals surface area contributed by atoms with Crippen molar-refractivity contribution in [3.63, 3.8) is 0 Å².